The molecule has 72 valence electrons. The highest BCUT2D eigenvalue weighted by Crippen LogP contribution is 2.19. The molecule has 0 aliphatic carbocycles. The van der Waals surface area contributed by atoms with E-state index in [2.05, 4.69) is 10.2 Å². The van der Waals surface area contributed by atoms with Crippen LogP contribution in [0.4, 0.5) is 0 Å². The highest BCUT2D eigenvalue weighted by atomic mass is 16.4. The predicted molar refractivity (Wildman–Crippen MR) is 50.9 cm³/mol. The molecule has 0 bridgehead atoms. The maximum absolute atomic E-state index is 8.97. The maximum Gasteiger partial charge on any atom is 0.507 e. The Kier molecular flexibility index (Phi) is 2.15. The van der Waals surface area contributed by atoms with E-state index in [-0.39, 0.29) is 5.59 Å². The highest BCUT2D eigenvalue weighted by molar-refractivity contribution is 6.58. The summed E-state index contributed by atoms with van der Waals surface area (Å²) in [6.07, 6.45) is 1.54. The van der Waals surface area contributed by atoms with Gasteiger partial charge in [-0.2, -0.15) is 5.10 Å². The van der Waals surface area contributed by atoms with Gasteiger partial charge >= 0.3 is 7.12 Å². The summed E-state index contributed by atoms with van der Waals surface area (Å²) in [6.45, 7) is 1.75. The zero-order valence-corrected chi connectivity index (χ0v) is 7.56. The molecule has 0 spiro atoms. The number of rotatable bonds is 2. The molecule has 0 saturated heterocycles. The van der Waals surface area contributed by atoms with Gasteiger partial charge in [0.15, 0.2) is 5.76 Å². The van der Waals surface area contributed by atoms with Crippen LogP contribution in [0, 0.1) is 6.92 Å². The monoisotopic (exact) mass is 192 g/mol. The second-order valence-corrected chi connectivity index (χ2v) is 2.96. The summed E-state index contributed by atoms with van der Waals surface area (Å²) in [5, 5.41) is 24.4. The van der Waals surface area contributed by atoms with Crippen molar-refractivity contribution >= 4 is 12.7 Å². The Morgan fingerprint density at radius 1 is 1.50 bits per heavy atom. The topological polar surface area (TPSA) is 82.3 Å². The van der Waals surface area contributed by atoms with Crippen LogP contribution in [-0.4, -0.2) is 27.4 Å². The summed E-state index contributed by atoms with van der Waals surface area (Å²) < 4.78 is 5.15. The summed E-state index contributed by atoms with van der Waals surface area (Å²) in [5.41, 5.74) is 1.56. The van der Waals surface area contributed by atoms with Crippen molar-refractivity contribution < 1.29 is 14.5 Å². The number of hydrogen-bond donors (Lipinski definition) is 3. The van der Waals surface area contributed by atoms with Crippen LogP contribution in [0.25, 0.3) is 11.5 Å². The molecule has 3 N–H and O–H groups in total. The molecule has 0 aromatic carbocycles. The van der Waals surface area contributed by atoms with Crippen LogP contribution in [-0.2, 0) is 0 Å². The van der Waals surface area contributed by atoms with Crippen molar-refractivity contribution in [3.63, 3.8) is 0 Å². The molecule has 0 atom stereocenters. The minimum atomic E-state index is -1.54. The van der Waals surface area contributed by atoms with Gasteiger partial charge in [0.1, 0.15) is 5.69 Å². The lowest BCUT2D eigenvalue weighted by Crippen LogP contribution is -2.33. The summed E-state index contributed by atoms with van der Waals surface area (Å²) in [7, 11) is -1.54. The van der Waals surface area contributed by atoms with E-state index in [9.17, 15) is 0 Å². The largest absolute Gasteiger partial charge is 0.507 e. The Hall–Kier alpha value is -1.53. The molecule has 14 heavy (non-hydrogen) atoms. The normalized spacial score (nSPS) is 10.5. The molecule has 6 heteroatoms. The zero-order valence-electron chi connectivity index (χ0n) is 7.56. The summed E-state index contributed by atoms with van der Waals surface area (Å²) in [6, 6.07) is 3.51. The SMILES string of the molecule is Cc1c(-c2ccco2)n[nH]c1B(O)O. The van der Waals surface area contributed by atoms with E-state index in [4.69, 9.17) is 14.5 Å². The Labute approximate surface area is 80.5 Å². The fourth-order valence-electron chi connectivity index (χ4n) is 1.32. The first kappa shape index (κ1) is 9.05. The third kappa shape index (κ3) is 1.34. The van der Waals surface area contributed by atoms with E-state index < -0.39 is 7.12 Å². The number of aromatic nitrogens is 2. The number of H-pyrrole nitrogens is 1. The molecule has 0 amide bonds. The second kappa shape index (κ2) is 3.32. The molecule has 5 nitrogen and oxygen atoms in total. The standard InChI is InChI=1S/C8H9BN2O3/c1-5-7(6-3-2-4-14-6)10-11-8(5)9(12)13/h2-4,12-13H,1H3,(H,10,11). The number of hydrogen-bond acceptors (Lipinski definition) is 4. The van der Waals surface area contributed by atoms with E-state index in [0.29, 0.717) is 17.0 Å². The van der Waals surface area contributed by atoms with Crippen LogP contribution >= 0.6 is 0 Å². The molecule has 0 aliphatic rings. The Bertz CT molecular complexity index is 422. The van der Waals surface area contributed by atoms with Crippen molar-refractivity contribution in [2.24, 2.45) is 0 Å². The summed E-state index contributed by atoms with van der Waals surface area (Å²) in [4.78, 5) is 0. The third-order valence-corrected chi connectivity index (χ3v) is 2.06. The molecule has 0 saturated carbocycles. The minimum absolute atomic E-state index is 0.288. The van der Waals surface area contributed by atoms with E-state index >= 15 is 0 Å². The van der Waals surface area contributed by atoms with Gasteiger partial charge in [-0.25, -0.2) is 0 Å². The van der Waals surface area contributed by atoms with Gasteiger partial charge in [-0.1, -0.05) is 0 Å². The van der Waals surface area contributed by atoms with Crippen LogP contribution < -0.4 is 5.59 Å². The fraction of sp³-hybridized carbons (Fsp3) is 0.125. The zero-order chi connectivity index (χ0) is 10.1. The lowest BCUT2D eigenvalue weighted by molar-refractivity contribution is 0.424. The number of nitrogens with one attached hydrogen (secondary N) is 1. The van der Waals surface area contributed by atoms with Crippen LogP contribution in [0.1, 0.15) is 5.56 Å². The number of aromatic amines is 1. The van der Waals surface area contributed by atoms with Gasteiger partial charge in [0.2, 0.25) is 0 Å². The lowest BCUT2D eigenvalue weighted by Gasteiger charge is -1.95. The number of nitrogens with zero attached hydrogens (tertiary/aromatic N) is 1. The van der Waals surface area contributed by atoms with E-state index in [1.165, 1.54) is 0 Å². The molecule has 0 unspecified atom stereocenters. The molecule has 0 aliphatic heterocycles. The fourth-order valence-corrected chi connectivity index (χ4v) is 1.32. The molecule has 2 aromatic rings. The molecule has 2 rings (SSSR count). The molecular weight excluding hydrogens is 183 g/mol. The van der Waals surface area contributed by atoms with Crippen LogP contribution in [0.15, 0.2) is 22.8 Å². The maximum atomic E-state index is 8.97. The van der Waals surface area contributed by atoms with Crippen molar-refractivity contribution in [3.8, 4) is 11.5 Å². The Morgan fingerprint density at radius 3 is 2.79 bits per heavy atom. The van der Waals surface area contributed by atoms with Crippen molar-refractivity contribution in [1.82, 2.24) is 10.2 Å². The van der Waals surface area contributed by atoms with Crippen LogP contribution in [0.3, 0.4) is 0 Å². The first-order valence-corrected chi connectivity index (χ1v) is 4.15. The van der Waals surface area contributed by atoms with Gasteiger partial charge in [-0.15, -0.1) is 0 Å². The molecule has 0 radical (unpaired) electrons. The Balaban J connectivity index is 2.47. The smallest absolute Gasteiger partial charge is 0.463 e. The van der Waals surface area contributed by atoms with E-state index in [1.54, 1.807) is 25.3 Å². The lowest BCUT2D eigenvalue weighted by atomic mass is 9.83. The molecule has 0 fully saturated rings. The molecule has 2 aromatic heterocycles. The first-order valence-electron chi connectivity index (χ1n) is 4.15. The summed E-state index contributed by atoms with van der Waals surface area (Å²) in [5.74, 6) is 0.602. The van der Waals surface area contributed by atoms with E-state index in [1.807, 2.05) is 0 Å². The average Bonchev–Trinajstić information content (AvgIpc) is 2.71. The highest BCUT2D eigenvalue weighted by Gasteiger charge is 2.21. The number of furan rings is 1. The summed E-state index contributed by atoms with van der Waals surface area (Å²) >= 11 is 0. The van der Waals surface area contributed by atoms with Crippen molar-refractivity contribution in [2.75, 3.05) is 0 Å². The van der Waals surface area contributed by atoms with Gasteiger partial charge in [-0.3, -0.25) is 5.10 Å². The van der Waals surface area contributed by atoms with Gasteiger partial charge in [0, 0.05) is 0 Å². The Morgan fingerprint density at radius 2 is 2.29 bits per heavy atom. The van der Waals surface area contributed by atoms with Gasteiger partial charge in [0.25, 0.3) is 0 Å². The quantitative estimate of drug-likeness (QED) is 0.568. The average molecular weight is 192 g/mol. The van der Waals surface area contributed by atoms with Gasteiger partial charge < -0.3 is 14.5 Å². The van der Waals surface area contributed by atoms with Crippen LogP contribution in [0.2, 0.25) is 0 Å². The van der Waals surface area contributed by atoms with Crippen molar-refractivity contribution in [2.45, 2.75) is 6.92 Å². The van der Waals surface area contributed by atoms with Crippen molar-refractivity contribution in [1.29, 1.82) is 0 Å². The molecular formula is C8H9BN2O3. The second-order valence-electron chi connectivity index (χ2n) is 2.96. The third-order valence-electron chi connectivity index (χ3n) is 2.06. The van der Waals surface area contributed by atoms with Gasteiger partial charge in [-0.05, 0) is 24.6 Å². The minimum Gasteiger partial charge on any atom is -0.463 e. The first-order chi connectivity index (χ1) is 6.70. The van der Waals surface area contributed by atoms with Crippen molar-refractivity contribution in [3.05, 3.63) is 24.0 Å². The van der Waals surface area contributed by atoms with Gasteiger partial charge in [0.05, 0.1) is 11.9 Å². The van der Waals surface area contributed by atoms with Crippen LogP contribution in [0.5, 0.6) is 0 Å². The molecule has 2 heterocycles. The van der Waals surface area contributed by atoms with E-state index in [0.717, 1.165) is 0 Å². The predicted octanol–water partition coefficient (Wildman–Crippen LogP) is -0.342.